The topological polar surface area (TPSA) is 57.7 Å². The Morgan fingerprint density at radius 2 is 1.60 bits per heavy atom. The van der Waals surface area contributed by atoms with Crippen molar-refractivity contribution in [2.45, 2.75) is 57.8 Å². The molecule has 1 aliphatic heterocycles. The third-order valence-corrected chi connectivity index (χ3v) is 10.3. The third kappa shape index (κ3) is 3.22. The van der Waals surface area contributed by atoms with E-state index < -0.39 is 10.0 Å². The van der Waals surface area contributed by atoms with Crippen LogP contribution in [0.1, 0.15) is 56.6 Å². The van der Waals surface area contributed by atoms with Gasteiger partial charge in [-0.05, 0) is 75.2 Å². The molecule has 1 heterocycles. The molecule has 1 aromatic rings. The van der Waals surface area contributed by atoms with E-state index >= 15 is 0 Å². The van der Waals surface area contributed by atoms with E-state index in [2.05, 4.69) is 31.2 Å². The lowest BCUT2D eigenvalue weighted by molar-refractivity contribution is -0.161. The first-order valence-corrected chi connectivity index (χ1v) is 13.2. The Labute approximate surface area is 180 Å². The van der Waals surface area contributed by atoms with Crippen molar-refractivity contribution in [3.8, 4) is 0 Å². The summed E-state index contributed by atoms with van der Waals surface area (Å²) in [5, 5.41) is 0. The molecule has 4 aliphatic carbocycles. The molecule has 2 atom stereocenters. The van der Waals surface area contributed by atoms with Crippen molar-refractivity contribution in [3.05, 3.63) is 35.4 Å². The molecule has 164 valence electrons. The lowest BCUT2D eigenvalue weighted by atomic mass is 9.42. The van der Waals surface area contributed by atoms with Gasteiger partial charge in [0.15, 0.2) is 0 Å². The third-order valence-electron chi connectivity index (χ3n) is 8.46. The van der Waals surface area contributed by atoms with Crippen LogP contribution < -0.4 is 0 Å². The van der Waals surface area contributed by atoms with Crippen LogP contribution in [0.4, 0.5) is 0 Å². The Bertz CT molecular complexity index is 918. The number of carbonyl (C=O) groups is 1. The van der Waals surface area contributed by atoms with Gasteiger partial charge in [0.2, 0.25) is 15.9 Å². The number of rotatable bonds is 4. The average Bonchev–Trinajstić information content (AvgIpc) is 2.73. The highest BCUT2D eigenvalue weighted by molar-refractivity contribution is 7.89. The summed E-state index contributed by atoms with van der Waals surface area (Å²) in [6, 6.07) is 9.04. The van der Waals surface area contributed by atoms with Gasteiger partial charge in [0.1, 0.15) is 0 Å². The van der Waals surface area contributed by atoms with Gasteiger partial charge in [-0.3, -0.25) is 4.79 Å². The van der Waals surface area contributed by atoms with Crippen molar-refractivity contribution in [2.24, 2.45) is 17.3 Å². The van der Waals surface area contributed by atoms with Gasteiger partial charge in [-0.2, -0.15) is 4.31 Å². The van der Waals surface area contributed by atoms with Crippen molar-refractivity contribution in [2.75, 3.05) is 31.9 Å². The maximum absolute atomic E-state index is 13.9. The Morgan fingerprint density at radius 3 is 2.17 bits per heavy atom. The lowest BCUT2D eigenvalue weighted by Crippen LogP contribution is -2.61. The molecule has 1 amide bonds. The van der Waals surface area contributed by atoms with Gasteiger partial charge in [-0.1, -0.05) is 29.8 Å². The Morgan fingerprint density at radius 1 is 1.00 bits per heavy atom. The zero-order valence-electron chi connectivity index (χ0n) is 18.3. The van der Waals surface area contributed by atoms with Crippen LogP contribution in [-0.4, -0.2) is 55.5 Å². The molecule has 5 nitrogen and oxygen atoms in total. The number of carbonyl (C=O) groups excluding carboxylic acids is 1. The summed E-state index contributed by atoms with van der Waals surface area (Å²) in [4.78, 5) is 15.8. The number of piperazine rings is 1. The summed E-state index contributed by atoms with van der Waals surface area (Å²) in [5.41, 5.74) is 2.63. The van der Waals surface area contributed by atoms with Crippen molar-refractivity contribution >= 4 is 15.9 Å². The zero-order valence-corrected chi connectivity index (χ0v) is 19.1. The number of amides is 1. The van der Waals surface area contributed by atoms with Gasteiger partial charge in [0.05, 0.1) is 11.2 Å². The van der Waals surface area contributed by atoms with E-state index in [9.17, 15) is 13.2 Å². The molecule has 1 aromatic carbocycles. The summed E-state index contributed by atoms with van der Waals surface area (Å²) in [6.45, 7) is 5.76. The first-order chi connectivity index (χ1) is 14.3. The number of hydrogen-bond acceptors (Lipinski definition) is 3. The van der Waals surface area contributed by atoms with E-state index in [4.69, 9.17) is 0 Å². The second kappa shape index (κ2) is 7.06. The van der Waals surface area contributed by atoms with Crippen LogP contribution in [0, 0.1) is 24.2 Å². The maximum Gasteiger partial charge on any atom is 0.228 e. The molecular formula is C24H34N2O3S. The first kappa shape index (κ1) is 20.5. The summed E-state index contributed by atoms with van der Waals surface area (Å²) in [5.74, 6) is 1.74. The van der Waals surface area contributed by atoms with E-state index in [1.54, 1.807) is 11.2 Å². The van der Waals surface area contributed by atoms with Crippen LogP contribution in [0.2, 0.25) is 0 Å². The second-order valence-electron chi connectivity index (χ2n) is 10.5. The molecular weight excluding hydrogens is 396 g/mol. The molecule has 0 radical (unpaired) electrons. The van der Waals surface area contributed by atoms with Crippen LogP contribution in [0.5, 0.6) is 0 Å². The highest BCUT2D eigenvalue weighted by Gasteiger charge is 2.61. The van der Waals surface area contributed by atoms with Crippen molar-refractivity contribution in [3.63, 3.8) is 0 Å². The second-order valence-corrected chi connectivity index (χ2v) is 12.7. The number of nitrogens with zero attached hydrogens (tertiary/aromatic N) is 2. The summed E-state index contributed by atoms with van der Waals surface area (Å²) in [7, 11) is -3.17. The Hall–Kier alpha value is -1.40. The van der Waals surface area contributed by atoms with Gasteiger partial charge >= 0.3 is 0 Å². The number of benzene rings is 1. The van der Waals surface area contributed by atoms with Crippen LogP contribution in [0.15, 0.2) is 24.3 Å². The minimum atomic E-state index is -3.17. The molecule has 6 rings (SSSR count). The molecule has 5 fully saturated rings. The van der Waals surface area contributed by atoms with Crippen LogP contribution >= 0.6 is 0 Å². The summed E-state index contributed by atoms with van der Waals surface area (Å²) >= 11 is 0. The smallest absolute Gasteiger partial charge is 0.228 e. The molecule has 4 bridgehead atoms. The van der Waals surface area contributed by atoms with Gasteiger partial charge in [0.25, 0.3) is 0 Å². The summed E-state index contributed by atoms with van der Waals surface area (Å²) < 4.78 is 26.0. The van der Waals surface area contributed by atoms with Crippen molar-refractivity contribution in [1.29, 1.82) is 0 Å². The standard InChI is InChI=1S/C24H34N2O3S/c1-3-30(28,29)26-10-8-25(9-11-26)22(27)24-15-19-12-20(16-24)14-23(13-19,17-24)21-6-4-18(2)5-7-21/h4-7,19-20H,3,8-17H2,1-2H3. The predicted molar refractivity (Wildman–Crippen MR) is 118 cm³/mol. The molecule has 0 N–H and O–H groups in total. The molecule has 6 heteroatoms. The fourth-order valence-corrected chi connectivity index (χ4v) is 8.53. The lowest BCUT2D eigenvalue weighted by Gasteiger charge is -2.62. The minimum Gasteiger partial charge on any atom is -0.340 e. The predicted octanol–water partition coefficient (Wildman–Crippen LogP) is 3.33. The SMILES string of the molecule is CCS(=O)(=O)N1CCN(C(=O)C23CC4CC(C2)CC(c2ccc(C)cc2)(C4)C3)CC1. The highest BCUT2D eigenvalue weighted by atomic mass is 32.2. The van der Waals surface area contributed by atoms with E-state index in [0.29, 0.717) is 43.9 Å². The normalized spacial score (nSPS) is 36.3. The number of hydrogen-bond donors (Lipinski definition) is 0. The Kier molecular flexibility index (Phi) is 4.82. The first-order valence-electron chi connectivity index (χ1n) is 11.6. The van der Waals surface area contributed by atoms with Gasteiger partial charge in [-0.25, -0.2) is 8.42 Å². The number of sulfonamides is 1. The zero-order chi connectivity index (χ0) is 21.1. The monoisotopic (exact) mass is 430 g/mol. The molecule has 0 aromatic heterocycles. The van der Waals surface area contributed by atoms with Crippen LogP contribution in [0.3, 0.4) is 0 Å². The molecule has 5 aliphatic rings. The van der Waals surface area contributed by atoms with Crippen LogP contribution in [0.25, 0.3) is 0 Å². The average molecular weight is 431 g/mol. The minimum absolute atomic E-state index is 0.132. The van der Waals surface area contributed by atoms with E-state index in [1.807, 2.05) is 4.90 Å². The van der Waals surface area contributed by atoms with Crippen LogP contribution in [-0.2, 0) is 20.2 Å². The quantitative estimate of drug-likeness (QED) is 0.736. The summed E-state index contributed by atoms with van der Waals surface area (Å²) in [6.07, 6.45) is 6.77. The molecule has 30 heavy (non-hydrogen) atoms. The highest BCUT2D eigenvalue weighted by Crippen LogP contribution is 2.66. The fourth-order valence-electron chi connectivity index (χ4n) is 7.44. The van der Waals surface area contributed by atoms with Crippen molar-refractivity contribution < 1.29 is 13.2 Å². The molecule has 0 spiro atoms. The Balaban J connectivity index is 1.38. The molecule has 1 saturated heterocycles. The van der Waals surface area contributed by atoms with Gasteiger partial charge in [0, 0.05) is 26.2 Å². The fraction of sp³-hybridized carbons (Fsp3) is 0.708. The largest absolute Gasteiger partial charge is 0.340 e. The van der Waals surface area contributed by atoms with Gasteiger partial charge < -0.3 is 4.90 Å². The number of aryl methyl sites for hydroxylation is 1. The molecule has 2 unspecified atom stereocenters. The van der Waals surface area contributed by atoms with E-state index in [0.717, 1.165) is 19.3 Å². The van der Waals surface area contributed by atoms with Gasteiger partial charge in [-0.15, -0.1) is 0 Å². The van der Waals surface area contributed by atoms with E-state index in [-0.39, 0.29) is 16.6 Å². The maximum atomic E-state index is 13.9. The van der Waals surface area contributed by atoms with Crippen molar-refractivity contribution in [1.82, 2.24) is 9.21 Å². The molecule has 4 saturated carbocycles. The van der Waals surface area contributed by atoms with E-state index in [1.165, 1.54) is 30.4 Å².